The standard InChI is InChI=1S/C34H46BrClN6O3/c1-45-17-10-29-22-41(15-16-42(29)31(43)18-23-6-11-40(12-7-23)34(37)44)28-8-13-39(14-9-28)33-30-5-4-27(36)20-24(30)2-3-25-19-26(35)21-38-32(25)33/h4-5,19-21,23,28-29,33H,2-3,6-18,22H2,1H3,(H2,37,44). The van der Waals surface area contributed by atoms with Crippen LogP contribution in [0.2, 0.25) is 5.02 Å². The molecule has 4 aliphatic rings. The fourth-order valence-corrected chi connectivity index (χ4v) is 8.63. The third-order valence-electron chi connectivity index (χ3n) is 10.6. The molecule has 9 nitrogen and oxygen atoms in total. The number of hydrogen-bond donors (Lipinski definition) is 1. The Morgan fingerprint density at radius 2 is 1.76 bits per heavy atom. The van der Waals surface area contributed by atoms with Crippen molar-refractivity contribution < 1.29 is 14.3 Å². The molecule has 1 aromatic carbocycles. The number of pyridine rings is 1. The number of fused-ring (bicyclic) bond motifs is 2. The summed E-state index contributed by atoms with van der Waals surface area (Å²) >= 11 is 10.1. The van der Waals surface area contributed by atoms with E-state index in [2.05, 4.69) is 48.8 Å². The molecule has 45 heavy (non-hydrogen) atoms. The molecule has 11 heteroatoms. The fraction of sp³-hybridized carbons (Fsp3) is 0.618. The van der Waals surface area contributed by atoms with Gasteiger partial charge in [-0.25, -0.2) is 4.79 Å². The summed E-state index contributed by atoms with van der Waals surface area (Å²) in [5, 5.41) is 0.792. The minimum atomic E-state index is -0.361. The number of rotatable bonds is 7. The van der Waals surface area contributed by atoms with Crippen molar-refractivity contribution in [1.82, 2.24) is 24.6 Å². The number of likely N-dealkylation sites (tertiary alicyclic amines) is 2. The first-order valence-corrected chi connectivity index (χ1v) is 17.7. The number of hydrogen-bond acceptors (Lipinski definition) is 6. The number of nitrogens with two attached hydrogens (primary N) is 1. The van der Waals surface area contributed by atoms with Crippen molar-refractivity contribution in [2.75, 3.05) is 59.5 Å². The van der Waals surface area contributed by atoms with Gasteiger partial charge in [0.05, 0.1) is 11.7 Å². The van der Waals surface area contributed by atoms with Crippen LogP contribution in [0.25, 0.3) is 0 Å². The van der Waals surface area contributed by atoms with Gasteiger partial charge >= 0.3 is 6.03 Å². The number of benzene rings is 1. The van der Waals surface area contributed by atoms with Gasteiger partial charge in [0.2, 0.25) is 5.91 Å². The van der Waals surface area contributed by atoms with Crippen molar-refractivity contribution >= 4 is 39.5 Å². The first kappa shape index (κ1) is 32.7. The number of methoxy groups -OCH3 is 1. The van der Waals surface area contributed by atoms with Gasteiger partial charge < -0.3 is 20.3 Å². The Balaban J connectivity index is 1.10. The molecule has 2 unspecified atom stereocenters. The molecule has 244 valence electrons. The Hall–Kier alpha value is -2.24. The molecule has 0 bridgehead atoms. The number of aryl methyl sites for hydroxylation is 2. The highest BCUT2D eigenvalue weighted by atomic mass is 79.9. The second-order valence-corrected chi connectivity index (χ2v) is 14.6. The lowest BCUT2D eigenvalue weighted by Gasteiger charge is -2.47. The van der Waals surface area contributed by atoms with E-state index in [9.17, 15) is 9.59 Å². The van der Waals surface area contributed by atoms with E-state index in [0.717, 1.165) is 87.2 Å². The Bertz CT molecular complexity index is 1310. The van der Waals surface area contributed by atoms with E-state index in [4.69, 9.17) is 27.1 Å². The summed E-state index contributed by atoms with van der Waals surface area (Å²) < 4.78 is 6.50. The molecule has 2 atom stereocenters. The van der Waals surface area contributed by atoms with Crippen LogP contribution >= 0.6 is 27.5 Å². The molecule has 0 spiro atoms. The molecule has 3 fully saturated rings. The number of nitrogens with zero attached hydrogens (tertiary/aromatic N) is 5. The molecular weight excluding hydrogens is 656 g/mol. The van der Waals surface area contributed by atoms with E-state index >= 15 is 0 Å². The van der Waals surface area contributed by atoms with E-state index in [1.165, 1.54) is 22.4 Å². The molecule has 3 amide bonds. The van der Waals surface area contributed by atoms with Gasteiger partial charge in [0.1, 0.15) is 0 Å². The number of halogens is 2. The largest absolute Gasteiger partial charge is 0.385 e. The number of amides is 3. The first-order valence-electron chi connectivity index (χ1n) is 16.5. The summed E-state index contributed by atoms with van der Waals surface area (Å²) in [5.74, 6) is 0.553. The zero-order valence-electron chi connectivity index (χ0n) is 26.3. The van der Waals surface area contributed by atoms with Crippen LogP contribution in [-0.2, 0) is 22.4 Å². The number of urea groups is 1. The van der Waals surface area contributed by atoms with Crippen LogP contribution < -0.4 is 5.73 Å². The monoisotopic (exact) mass is 700 g/mol. The van der Waals surface area contributed by atoms with Crippen LogP contribution in [0.3, 0.4) is 0 Å². The van der Waals surface area contributed by atoms with Crippen LogP contribution in [0.15, 0.2) is 34.9 Å². The predicted molar refractivity (Wildman–Crippen MR) is 179 cm³/mol. The van der Waals surface area contributed by atoms with Crippen LogP contribution in [0.5, 0.6) is 0 Å². The SMILES string of the molecule is COCCC1CN(C2CCN(C3c4ccc(Cl)cc4CCc4cc(Br)cnc43)CC2)CCN1C(=O)CC1CCN(C(N)=O)CC1. The van der Waals surface area contributed by atoms with E-state index in [1.807, 2.05) is 12.3 Å². The molecule has 3 aliphatic heterocycles. The van der Waals surface area contributed by atoms with Crippen molar-refractivity contribution in [1.29, 1.82) is 0 Å². The van der Waals surface area contributed by atoms with Gasteiger partial charge in [-0.15, -0.1) is 0 Å². The average molecular weight is 702 g/mol. The molecule has 0 saturated carbocycles. The Kier molecular flexibility index (Phi) is 10.7. The van der Waals surface area contributed by atoms with Crippen molar-refractivity contribution in [3.8, 4) is 0 Å². The Labute approximate surface area is 280 Å². The third kappa shape index (κ3) is 7.51. The molecule has 6 rings (SSSR count). The second kappa shape index (κ2) is 14.7. The van der Waals surface area contributed by atoms with Crippen molar-refractivity contribution in [2.24, 2.45) is 11.7 Å². The van der Waals surface area contributed by atoms with Crippen molar-refractivity contribution in [2.45, 2.75) is 69.5 Å². The highest BCUT2D eigenvalue weighted by Crippen LogP contribution is 2.39. The normalized spacial score (nSPS) is 23.8. The Morgan fingerprint density at radius 1 is 1.00 bits per heavy atom. The number of piperazine rings is 1. The van der Waals surface area contributed by atoms with E-state index in [-0.39, 0.29) is 24.0 Å². The summed E-state index contributed by atoms with van der Waals surface area (Å²) in [4.78, 5) is 39.1. The number of ether oxygens (including phenoxy) is 1. The third-order valence-corrected chi connectivity index (χ3v) is 11.2. The summed E-state index contributed by atoms with van der Waals surface area (Å²) in [7, 11) is 1.74. The van der Waals surface area contributed by atoms with E-state index < -0.39 is 0 Å². The lowest BCUT2D eigenvalue weighted by atomic mass is 9.91. The van der Waals surface area contributed by atoms with Crippen molar-refractivity contribution in [3.05, 3.63) is 62.3 Å². The highest BCUT2D eigenvalue weighted by Gasteiger charge is 2.38. The first-order chi connectivity index (χ1) is 21.8. The number of primary amides is 1. The fourth-order valence-electron chi connectivity index (χ4n) is 8.05. The predicted octanol–water partition coefficient (Wildman–Crippen LogP) is 4.88. The van der Waals surface area contributed by atoms with Crippen molar-refractivity contribution in [3.63, 3.8) is 0 Å². The average Bonchev–Trinajstić information content (AvgIpc) is 3.20. The number of carbonyl (C=O) groups excluding carboxylic acids is 2. The van der Waals surface area contributed by atoms with Crippen LogP contribution in [0, 0.1) is 5.92 Å². The van der Waals surface area contributed by atoms with Gasteiger partial charge in [0.15, 0.2) is 0 Å². The zero-order valence-corrected chi connectivity index (χ0v) is 28.6. The Morgan fingerprint density at radius 3 is 2.49 bits per heavy atom. The van der Waals surface area contributed by atoms with Gasteiger partial charge in [-0.3, -0.25) is 19.6 Å². The van der Waals surface area contributed by atoms with Gasteiger partial charge in [-0.05, 0) is 102 Å². The number of carbonyl (C=O) groups is 2. The van der Waals surface area contributed by atoms with Crippen LogP contribution in [0.4, 0.5) is 4.79 Å². The van der Waals surface area contributed by atoms with Gasteiger partial charge in [0.25, 0.3) is 0 Å². The molecule has 4 heterocycles. The molecule has 0 radical (unpaired) electrons. The molecule has 2 aromatic rings. The molecule has 1 aliphatic carbocycles. The number of aromatic nitrogens is 1. The molecule has 2 N–H and O–H groups in total. The van der Waals surface area contributed by atoms with Crippen LogP contribution in [0.1, 0.15) is 67.0 Å². The quantitative estimate of drug-likeness (QED) is 0.443. The summed E-state index contributed by atoms with van der Waals surface area (Å²) in [5.41, 5.74) is 10.6. The maximum Gasteiger partial charge on any atom is 0.314 e. The second-order valence-electron chi connectivity index (χ2n) is 13.2. The van der Waals surface area contributed by atoms with Crippen LogP contribution in [-0.4, -0.2) is 108 Å². The van der Waals surface area contributed by atoms with E-state index in [1.54, 1.807) is 12.0 Å². The topological polar surface area (TPSA) is 95.2 Å². The lowest BCUT2D eigenvalue weighted by molar-refractivity contribution is -0.138. The van der Waals surface area contributed by atoms with Gasteiger partial charge in [-0.2, -0.15) is 0 Å². The van der Waals surface area contributed by atoms with Gasteiger partial charge in [-0.1, -0.05) is 17.7 Å². The smallest absolute Gasteiger partial charge is 0.314 e. The summed E-state index contributed by atoms with van der Waals surface area (Å²) in [6.07, 6.45) is 9.11. The minimum absolute atomic E-state index is 0.127. The maximum atomic E-state index is 13.6. The van der Waals surface area contributed by atoms with E-state index in [0.29, 0.717) is 38.1 Å². The van der Waals surface area contributed by atoms with Gasteiger partial charge in [0, 0.05) is 93.7 Å². The molecular formula is C34H46BrClN6O3. The maximum absolute atomic E-state index is 13.6. The molecule has 1 aromatic heterocycles. The number of piperidine rings is 2. The zero-order chi connectivity index (χ0) is 31.5. The molecule has 3 saturated heterocycles. The lowest BCUT2D eigenvalue weighted by Crippen LogP contribution is -2.59. The summed E-state index contributed by atoms with van der Waals surface area (Å²) in [6, 6.07) is 9.03. The highest BCUT2D eigenvalue weighted by molar-refractivity contribution is 9.10. The summed E-state index contributed by atoms with van der Waals surface area (Å²) in [6.45, 7) is 6.49. The minimum Gasteiger partial charge on any atom is -0.385 e.